The molecule has 3 amide bonds. The van der Waals surface area contributed by atoms with Crippen LogP contribution in [0.2, 0.25) is 5.28 Å². The van der Waals surface area contributed by atoms with Gasteiger partial charge in [0, 0.05) is 46.7 Å². The predicted molar refractivity (Wildman–Crippen MR) is 165 cm³/mol. The van der Waals surface area contributed by atoms with E-state index in [2.05, 4.69) is 13.2 Å². The quantitative estimate of drug-likeness (QED) is 0.128. The number of primary amides is 1. The molecule has 2 fully saturated rings. The number of fused-ring (bicyclic) bond motifs is 2. The number of imidazole rings is 1. The van der Waals surface area contributed by atoms with Crippen LogP contribution in [-0.4, -0.2) is 86.4 Å². The third-order valence-electron chi connectivity index (χ3n) is 8.07. The lowest BCUT2D eigenvalue weighted by atomic mass is 9.79. The van der Waals surface area contributed by atoms with Crippen LogP contribution in [0.4, 0.5) is 4.79 Å². The molecule has 0 aliphatic carbocycles. The molecule has 0 bridgehead atoms. The second kappa shape index (κ2) is 14.2. The van der Waals surface area contributed by atoms with E-state index in [0.29, 0.717) is 29.6 Å². The lowest BCUT2D eigenvalue weighted by Gasteiger charge is -2.46. The molecule has 0 radical (unpaired) electrons. The number of ether oxygens (including phenoxy) is 2. The number of hydrogen-bond acceptors (Lipinski definition) is 9. The Labute approximate surface area is 279 Å². The van der Waals surface area contributed by atoms with Gasteiger partial charge in [-0.25, -0.2) is 14.2 Å². The van der Waals surface area contributed by atoms with Crippen molar-refractivity contribution in [1.82, 2.24) is 14.2 Å². The van der Waals surface area contributed by atoms with Crippen LogP contribution in [0.25, 0.3) is 4.83 Å². The molecule has 5 heterocycles. The van der Waals surface area contributed by atoms with Gasteiger partial charge in [0.25, 0.3) is 5.91 Å². The number of nitrogens with two attached hydrogens (primary N) is 1. The average Bonchev–Trinajstić information content (AvgIpc) is 3.68. The number of esters is 1. The van der Waals surface area contributed by atoms with Gasteiger partial charge in [-0.05, 0) is 13.3 Å². The minimum absolute atomic E-state index is 0. The van der Waals surface area contributed by atoms with Gasteiger partial charge in [-0.1, -0.05) is 43.6 Å². The maximum absolute atomic E-state index is 13.2. The zero-order valence-electron chi connectivity index (χ0n) is 24.8. The minimum atomic E-state index is -0.858. The van der Waals surface area contributed by atoms with Crippen molar-refractivity contribution in [1.29, 1.82) is 0 Å². The molecule has 5 rings (SSSR count). The fraction of sp³-hybridized carbons (Fsp3) is 0.483. The lowest BCUT2D eigenvalue weighted by Crippen LogP contribution is -3.00. The van der Waals surface area contributed by atoms with Crippen LogP contribution in [0.5, 0.6) is 0 Å². The molecule has 2 saturated heterocycles. The minimum Gasteiger partial charge on any atom is -1.00 e. The van der Waals surface area contributed by atoms with Gasteiger partial charge in [-0.2, -0.15) is 4.40 Å². The summed E-state index contributed by atoms with van der Waals surface area (Å²) in [4.78, 5) is 56.4. The van der Waals surface area contributed by atoms with Crippen LogP contribution in [0.15, 0.2) is 48.3 Å². The smallest absolute Gasteiger partial charge is 0.410 e. The number of thiazole rings is 1. The van der Waals surface area contributed by atoms with Gasteiger partial charge in [-0.15, -0.1) is 11.8 Å². The molecule has 0 saturated carbocycles. The summed E-state index contributed by atoms with van der Waals surface area (Å²) >= 11 is 9.44. The summed E-state index contributed by atoms with van der Waals surface area (Å²) in [5.41, 5.74) is 5.53. The number of thioether (sulfide) groups is 1. The van der Waals surface area contributed by atoms with Crippen molar-refractivity contribution in [2.75, 3.05) is 19.8 Å². The van der Waals surface area contributed by atoms with Crippen LogP contribution in [0.1, 0.15) is 25.1 Å². The Morgan fingerprint density at radius 2 is 1.98 bits per heavy atom. The summed E-state index contributed by atoms with van der Waals surface area (Å²) in [6.07, 6.45) is 6.41. The number of carbonyl (C=O) groups is 4. The first-order chi connectivity index (χ1) is 21.0. The van der Waals surface area contributed by atoms with Crippen molar-refractivity contribution in [3.8, 4) is 0 Å². The summed E-state index contributed by atoms with van der Waals surface area (Å²) in [6.45, 7) is 11.1. The highest BCUT2D eigenvalue weighted by Gasteiger charge is 2.60. The molecule has 12 nitrogen and oxygen atoms in total. The summed E-state index contributed by atoms with van der Waals surface area (Å²) in [6, 6.07) is -0.568. The van der Waals surface area contributed by atoms with Crippen molar-refractivity contribution in [2.24, 2.45) is 17.6 Å². The summed E-state index contributed by atoms with van der Waals surface area (Å²) < 4.78 is 14.1. The number of likely N-dealkylation sites (tertiary alicyclic amines) is 1. The normalized spacial score (nSPS) is 24.6. The maximum Gasteiger partial charge on any atom is 0.410 e. The fourth-order valence-corrected chi connectivity index (χ4v) is 9.20. The van der Waals surface area contributed by atoms with Crippen molar-refractivity contribution in [3.63, 3.8) is 0 Å². The lowest BCUT2D eigenvalue weighted by molar-refractivity contribution is -0.680. The number of hydrogen-bond donors (Lipinski definition) is 2. The second-order valence-corrected chi connectivity index (χ2v) is 13.9. The molecule has 3 aliphatic rings. The Morgan fingerprint density at radius 1 is 1.29 bits per heavy atom. The standard InChI is InChI=1S/C29H34ClN5O7S2.ClH/c1-5-7-41-27(39)24-25(15(3)23-22(16(4)36)26(38)35(23)24)44-19-10-17(33(11-19)29(40)42-8-6-2)9-18-12-34-21(43-18)14-32(28(34)30)13-20(31)37;/h5-6,12,14-17,19,22-23,36H,1-2,7-11,13H2,3-4H3,(H-,31,37);1H/t15-,16-,17-,19+,22-,23-;/m1./s1. The van der Waals surface area contributed by atoms with Gasteiger partial charge in [0.15, 0.2) is 12.7 Å². The highest BCUT2D eigenvalue weighted by Crippen LogP contribution is 2.52. The molecule has 45 heavy (non-hydrogen) atoms. The van der Waals surface area contributed by atoms with E-state index in [-0.39, 0.29) is 67.0 Å². The van der Waals surface area contributed by atoms with Crippen molar-refractivity contribution in [2.45, 2.75) is 56.7 Å². The number of nitrogens with zero attached hydrogens (tertiary/aromatic N) is 4. The van der Waals surface area contributed by atoms with Crippen LogP contribution in [0, 0.1) is 11.8 Å². The molecule has 16 heteroatoms. The number of aromatic nitrogens is 2. The second-order valence-electron chi connectivity index (χ2n) is 11.1. The van der Waals surface area contributed by atoms with Gasteiger partial charge < -0.3 is 42.5 Å². The van der Waals surface area contributed by atoms with Crippen molar-refractivity contribution < 1.29 is 50.7 Å². The molecule has 6 atom stereocenters. The van der Waals surface area contributed by atoms with Crippen molar-refractivity contribution in [3.05, 3.63) is 58.5 Å². The third-order valence-corrected chi connectivity index (χ3v) is 11.0. The molecule has 0 unspecified atom stereocenters. The largest absolute Gasteiger partial charge is 1.00 e. The van der Waals surface area contributed by atoms with E-state index in [1.165, 1.54) is 40.2 Å². The van der Waals surface area contributed by atoms with E-state index in [1.807, 2.05) is 13.1 Å². The molecular formula is C29H35Cl2N5O7S2. The number of amides is 3. The molecule has 244 valence electrons. The van der Waals surface area contributed by atoms with Crippen molar-refractivity contribution >= 4 is 63.4 Å². The molecule has 0 aromatic carbocycles. The van der Waals surface area contributed by atoms with Gasteiger partial charge >= 0.3 is 17.3 Å². The van der Waals surface area contributed by atoms with Crippen LogP contribution < -0.4 is 22.7 Å². The van der Waals surface area contributed by atoms with Gasteiger partial charge in [0.05, 0.1) is 22.9 Å². The number of aliphatic hydroxyl groups is 1. The summed E-state index contributed by atoms with van der Waals surface area (Å²) in [5.74, 6) is -2.24. The third kappa shape index (κ3) is 6.61. The Morgan fingerprint density at radius 3 is 2.60 bits per heavy atom. The number of rotatable bonds is 12. The van der Waals surface area contributed by atoms with Gasteiger partial charge in [0.1, 0.15) is 25.1 Å². The molecule has 2 aromatic rings. The summed E-state index contributed by atoms with van der Waals surface area (Å²) in [5, 5.41) is 10.5. The van der Waals surface area contributed by atoms with Gasteiger partial charge in [-0.3, -0.25) is 9.59 Å². The number of halogens is 2. The zero-order valence-corrected chi connectivity index (χ0v) is 27.9. The SMILES string of the molecule is C=CCOC(=O)C1=C(S[C@H]2C[C@@H](Cc3cn4c(Cl)[n+](CC(N)=O)cc4s3)N(C(=O)OCC=C)C2)[C@H](C)[C@@H]2[C@@H]([C@@H](C)O)C(=O)N12.[Cl-]. The fourth-order valence-electron chi connectivity index (χ4n) is 6.22. The van der Waals surface area contributed by atoms with E-state index < -0.39 is 30.0 Å². The van der Waals surface area contributed by atoms with E-state index in [0.717, 1.165) is 9.71 Å². The monoisotopic (exact) mass is 699 g/mol. The molecule has 0 spiro atoms. The average molecular weight is 701 g/mol. The first-order valence-corrected chi connectivity index (χ1v) is 16.2. The first-order valence-electron chi connectivity index (χ1n) is 14.2. The van der Waals surface area contributed by atoms with E-state index in [4.69, 9.17) is 26.8 Å². The predicted octanol–water partition coefficient (Wildman–Crippen LogP) is -0.729. The van der Waals surface area contributed by atoms with Crippen LogP contribution >= 0.6 is 34.7 Å². The number of aliphatic hydroxyl groups excluding tert-OH is 1. The Balaban J connectivity index is 0.00000461. The molecule has 3 N–H and O–H groups in total. The van der Waals surface area contributed by atoms with Crippen LogP contribution in [0.3, 0.4) is 0 Å². The highest BCUT2D eigenvalue weighted by atomic mass is 35.5. The zero-order chi connectivity index (χ0) is 31.9. The highest BCUT2D eigenvalue weighted by molar-refractivity contribution is 8.03. The van der Waals surface area contributed by atoms with E-state index in [9.17, 15) is 24.3 Å². The Kier molecular flexibility index (Phi) is 11.0. The molecule has 2 aromatic heterocycles. The number of β-lactam (4-membered cyclic amide) rings is 1. The van der Waals surface area contributed by atoms with Gasteiger partial charge in [0.2, 0.25) is 10.7 Å². The Hall–Kier alpha value is -3.04. The molecule has 3 aliphatic heterocycles. The number of carbonyl (C=O) groups excluding carboxylic acids is 4. The van der Waals surface area contributed by atoms with E-state index in [1.54, 1.807) is 27.0 Å². The maximum atomic E-state index is 13.2. The summed E-state index contributed by atoms with van der Waals surface area (Å²) in [7, 11) is 0. The Bertz CT molecular complexity index is 1560. The first kappa shape index (κ1) is 34.8. The molecular weight excluding hydrogens is 665 g/mol. The van der Waals surface area contributed by atoms with E-state index >= 15 is 0 Å². The van der Waals surface area contributed by atoms with Crippen LogP contribution in [-0.2, 0) is 36.8 Å². The topological polar surface area (TPSA) is 148 Å².